The third kappa shape index (κ3) is 6.21. The number of amides is 1. The highest BCUT2D eigenvalue weighted by molar-refractivity contribution is 7.80. The predicted octanol–water partition coefficient (Wildman–Crippen LogP) is 4.86. The van der Waals surface area contributed by atoms with Gasteiger partial charge < -0.3 is 16.0 Å². The Morgan fingerprint density at radius 3 is 2.41 bits per heavy atom. The Morgan fingerprint density at radius 1 is 1.11 bits per heavy atom. The topological polar surface area (TPSA) is 53.2 Å². The first-order valence-corrected chi connectivity index (χ1v) is 9.39. The molecule has 4 nitrogen and oxygen atoms in total. The summed E-state index contributed by atoms with van der Waals surface area (Å²) in [6, 6.07) is 11.3. The molecule has 0 spiro atoms. The van der Waals surface area contributed by atoms with Gasteiger partial charge in [0, 0.05) is 5.69 Å². The first-order valence-electron chi connectivity index (χ1n) is 7.85. The van der Waals surface area contributed by atoms with E-state index in [1.54, 1.807) is 0 Å². The SMILES string of the molecule is Cc1ccc(C)c(NC(=S)N[C@H](NC(=O)c2ccccc2F)C(Cl)(Cl)Cl)c1. The summed E-state index contributed by atoms with van der Waals surface area (Å²) in [6.07, 6.45) is -1.19. The number of nitrogens with one attached hydrogen (secondary N) is 3. The first-order chi connectivity index (χ1) is 12.6. The number of carbonyl (C=O) groups excluding carboxylic acids is 1. The van der Waals surface area contributed by atoms with Gasteiger partial charge >= 0.3 is 0 Å². The van der Waals surface area contributed by atoms with Gasteiger partial charge in [-0.1, -0.05) is 59.1 Å². The minimum absolute atomic E-state index is 0.133. The Labute approximate surface area is 177 Å². The molecule has 2 aromatic carbocycles. The van der Waals surface area contributed by atoms with Crippen molar-refractivity contribution in [1.29, 1.82) is 0 Å². The summed E-state index contributed by atoms with van der Waals surface area (Å²) in [7, 11) is 0. The molecule has 0 fully saturated rings. The van der Waals surface area contributed by atoms with Crippen molar-refractivity contribution in [3.05, 3.63) is 65.0 Å². The quantitative estimate of drug-likeness (QED) is 0.355. The Hall–Kier alpha value is -1.60. The van der Waals surface area contributed by atoms with Gasteiger partial charge in [0.05, 0.1) is 5.56 Å². The molecule has 0 heterocycles. The molecule has 1 amide bonds. The molecule has 2 rings (SSSR count). The average Bonchev–Trinajstić information content (AvgIpc) is 2.57. The first kappa shape index (κ1) is 21.7. The summed E-state index contributed by atoms with van der Waals surface area (Å²) in [6.45, 7) is 3.86. The molecule has 0 saturated heterocycles. The fourth-order valence-electron chi connectivity index (χ4n) is 2.21. The Kier molecular flexibility index (Phi) is 7.28. The number of thiocarbonyl (C=S) groups is 1. The van der Waals surface area contributed by atoms with Crippen LogP contribution in [0.15, 0.2) is 42.5 Å². The maximum Gasteiger partial charge on any atom is 0.255 e. The van der Waals surface area contributed by atoms with E-state index in [1.807, 2.05) is 32.0 Å². The van der Waals surface area contributed by atoms with Crippen molar-refractivity contribution in [3.8, 4) is 0 Å². The molecule has 3 N–H and O–H groups in total. The number of alkyl halides is 3. The van der Waals surface area contributed by atoms with Crippen molar-refractivity contribution in [2.45, 2.75) is 23.8 Å². The van der Waals surface area contributed by atoms with Crippen LogP contribution in [0.4, 0.5) is 10.1 Å². The minimum atomic E-state index is -1.94. The molecule has 9 heteroatoms. The number of rotatable bonds is 4. The van der Waals surface area contributed by atoms with Gasteiger partial charge in [0.15, 0.2) is 5.11 Å². The molecule has 0 aromatic heterocycles. The van der Waals surface area contributed by atoms with E-state index in [0.717, 1.165) is 16.8 Å². The second-order valence-electron chi connectivity index (χ2n) is 5.84. The normalized spacial score (nSPS) is 12.2. The molecule has 0 radical (unpaired) electrons. The van der Waals surface area contributed by atoms with Gasteiger partial charge in [-0.3, -0.25) is 4.79 Å². The third-order valence-electron chi connectivity index (χ3n) is 3.64. The summed E-state index contributed by atoms with van der Waals surface area (Å²) < 4.78 is 11.9. The van der Waals surface area contributed by atoms with E-state index in [-0.39, 0.29) is 10.7 Å². The zero-order chi connectivity index (χ0) is 20.2. The summed E-state index contributed by atoms with van der Waals surface area (Å²) in [5.41, 5.74) is 2.60. The number of carbonyl (C=O) groups is 1. The van der Waals surface area contributed by atoms with Crippen LogP contribution >= 0.6 is 47.0 Å². The van der Waals surface area contributed by atoms with Gasteiger partial charge in [0.2, 0.25) is 3.79 Å². The lowest BCUT2D eigenvalue weighted by molar-refractivity contribution is 0.0930. The van der Waals surface area contributed by atoms with Gasteiger partial charge in [-0.05, 0) is 55.4 Å². The molecule has 144 valence electrons. The van der Waals surface area contributed by atoms with E-state index >= 15 is 0 Å². The predicted molar refractivity (Wildman–Crippen MR) is 113 cm³/mol. The highest BCUT2D eigenvalue weighted by Crippen LogP contribution is 2.29. The van der Waals surface area contributed by atoms with Crippen LogP contribution in [0, 0.1) is 19.7 Å². The molecule has 0 aliphatic heterocycles. The average molecular weight is 449 g/mol. The van der Waals surface area contributed by atoms with Crippen LogP contribution in [0.2, 0.25) is 0 Å². The third-order valence-corrected chi connectivity index (χ3v) is 4.51. The molecule has 27 heavy (non-hydrogen) atoms. The van der Waals surface area contributed by atoms with Gasteiger partial charge in [-0.2, -0.15) is 0 Å². The molecule has 1 atom stereocenters. The molecular formula is C18H17Cl3FN3OS. The van der Waals surface area contributed by atoms with Crippen LogP contribution in [0.5, 0.6) is 0 Å². The van der Waals surface area contributed by atoms with Crippen molar-refractivity contribution in [2.24, 2.45) is 0 Å². The summed E-state index contributed by atoms with van der Waals surface area (Å²) in [4.78, 5) is 12.3. The van der Waals surface area contributed by atoms with E-state index < -0.39 is 21.7 Å². The van der Waals surface area contributed by atoms with Gasteiger partial charge in [0.25, 0.3) is 5.91 Å². The van der Waals surface area contributed by atoms with Crippen molar-refractivity contribution in [1.82, 2.24) is 10.6 Å². The molecule has 0 aliphatic carbocycles. The second-order valence-corrected chi connectivity index (χ2v) is 8.62. The van der Waals surface area contributed by atoms with Crippen LogP contribution in [-0.2, 0) is 0 Å². The fourth-order valence-corrected chi connectivity index (χ4v) is 2.77. The number of halogens is 4. The molecule has 0 saturated carbocycles. The summed E-state index contributed by atoms with van der Waals surface area (Å²) in [5.74, 6) is -1.43. The molecule has 0 aliphatic rings. The van der Waals surface area contributed by atoms with Gasteiger partial charge in [-0.15, -0.1) is 0 Å². The highest BCUT2D eigenvalue weighted by Gasteiger charge is 2.35. The van der Waals surface area contributed by atoms with Crippen LogP contribution in [0.1, 0.15) is 21.5 Å². The lowest BCUT2D eigenvalue weighted by Crippen LogP contribution is -2.56. The Morgan fingerprint density at radius 2 is 1.78 bits per heavy atom. The lowest BCUT2D eigenvalue weighted by Gasteiger charge is -2.28. The van der Waals surface area contributed by atoms with E-state index in [1.165, 1.54) is 24.3 Å². The molecular weight excluding hydrogens is 432 g/mol. The van der Waals surface area contributed by atoms with Gasteiger partial charge in [0.1, 0.15) is 12.0 Å². The van der Waals surface area contributed by atoms with Crippen molar-refractivity contribution in [2.75, 3.05) is 5.32 Å². The van der Waals surface area contributed by atoms with E-state index in [4.69, 9.17) is 47.0 Å². The van der Waals surface area contributed by atoms with Crippen LogP contribution in [0.25, 0.3) is 0 Å². The standard InChI is InChI=1S/C18H17Cl3FN3OS/c1-10-7-8-11(2)14(9-10)23-17(27)25-16(18(19,20)21)24-15(26)12-5-3-4-6-13(12)22/h3-9,16H,1-2H3,(H,24,26)(H2,23,25,27)/t16-/m0/s1. The van der Waals surface area contributed by atoms with Crippen molar-refractivity contribution >= 4 is 63.7 Å². The molecule has 2 aromatic rings. The van der Waals surface area contributed by atoms with Crippen LogP contribution < -0.4 is 16.0 Å². The van der Waals surface area contributed by atoms with Crippen LogP contribution in [-0.4, -0.2) is 21.0 Å². The van der Waals surface area contributed by atoms with E-state index in [0.29, 0.717) is 0 Å². The summed E-state index contributed by atoms with van der Waals surface area (Å²) in [5, 5.41) is 8.32. The smallest absolute Gasteiger partial charge is 0.255 e. The Balaban J connectivity index is 2.12. The van der Waals surface area contributed by atoms with E-state index in [9.17, 15) is 9.18 Å². The second kappa shape index (κ2) is 9.06. The number of benzene rings is 2. The Bertz CT molecular complexity index is 858. The number of aryl methyl sites for hydroxylation is 2. The summed E-state index contributed by atoms with van der Waals surface area (Å²) >= 11 is 23.1. The highest BCUT2D eigenvalue weighted by atomic mass is 35.6. The minimum Gasteiger partial charge on any atom is -0.339 e. The van der Waals surface area contributed by atoms with Crippen LogP contribution in [0.3, 0.4) is 0 Å². The van der Waals surface area contributed by atoms with Crippen molar-refractivity contribution < 1.29 is 9.18 Å². The van der Waals surface area contributed by atoms with Crippen molar-refractivity contribution in [3.63, 3.8) is 0 Å². The lowest BCUT2D eigenvalue weighted by atomic mass is 10.1. The zero-order valence-corrected chi connectivity index (χ0v) is 17.5. The largest absolute Gasteiger partial charge is 0.339 e. The zero-order valence-electron chi connectivity index (χ0n) is 14.4. The number of hydrogen-bond acceptors (Lipinski definition) is 2. The maximum atomic E-state index is 13.8. The van der Waals surface area contributed by atoms with Gasteiger partial charge in [-0.25, -0.2) is 4.39 Å². The molecule has 0 unspecified atom stereocenters. The molecule has 0 bridgehead atoms. The number of hydrogen-bond donors (Lipinski definition) is 3. The number of anilines is 1. The monoisotopic (exact) mass is 447 g/mol. The fraction of sp³-hybridized carbons (Fsp3) is 0.222. The van der Waals surface area contributed by atoms with E-state index in [2.05, 4.69) is 16.0 Å². The maximum absolute atomic E-state index is 13.8.